The van der Waals surface area contributed by atoms with E-state index in [1.165, 1.54) is 112 Å². The average molecular weight is 886 g/mol. The highest BCUT2D eigenvalue weighted by Crippen LogP contribution is 2.37. The van der Waals surface area contributed by atoms with Crippen molar-refractivity contribution < 1.29 is 37.3 Å². The Morgan fingerprint density at radius 2 is 0.903 bits per heavy atom. The third kappa shape index (κ3) is 15.4. The molecule has 0 radical (unpaired) electrons. The van der Waals surface area contributed by atoms with E-state index in [-0.39, 0.29) is 44.0 Å². The Morgan fingerprint density at radius 1 is 0.516 bits per heavy atom. The van der Waals surface area contributed by atoms with Gasteiger partial charge in [-0.05, 0) is 78.6 Å². The summed E-state index contributed by atoms with van der Waals surface area (Å²) in [5, 5.41) is 0.0336. The molecule has 0 aliphatic rings. The Labute approximate surface area is 372 Å². The van der Waals surface area contributed by atoms with Gasteiger partial charge in [0.2, 0.25) is 0 Å². The van der Waals surface area contributed by atoms with Crippen molar-refractivity contribution in [3.8, 4) is 23.0 Å². The molecular formula is C50H52Cl2F2N2O6. The second kappa shape index (κ2) is 25.4. The fourth-order valence-electron chi connectivity index (χ4n) is 6.19. The second-order valence-corrected chi connectivity index (χ2v) is 15.5. The van der Waals surface area contributed by atoms with Crippen LogP contribution in [0.3, 0.4) is 0 Å². The van der Waals surface area contributed by atoms with Crippen molar-refractivity contribution in [2.45, 2.75) is 90.9 Å². The van der Waals surface area contributed by atoms with Crippen LogP contribution < -0.4 is 18.9 Å². The molecule has 0 saturated heterocycles. The van der Waals surface area contributed by atoms with Gasteiger partial charge in [-0.15, -0.1) is 0 Å². The van der Waals surface area contributed by atoms with Crippen LogP contribution in [0, 0.1) is 11.6 Å². The fourth-order valence-corrected chi connectivity index (χ4v) is 6.65. The van der Waals surface area contributed by atoms with Gasteiger partial charge in [-0.1, -0.05) is 126 Å². The van der Waals surface area contributed by atoms with Gasteiger partial charge in [0.1, 0.15) is 11.5 Å². The zero-order chi connectivity index (χ0) is 44.1. The Bertz CT molecular complexity index is 2130. The smallest absolute Gasteiger partial charge is 0.343 e. The van der Waals surface area contributed by atoms with Gasteiger partial charge in [0.05, 0.1) is 45.8 Å². The molecule has 0 aliphatic carbocycles. The minimum absolute atomic E-state index is 0.0168. The predicted molar refractivity (Wildman–Crippen MR) is 244 cm³/mol. The number of carbonyl (C=O) groups excluding carboxylic acids is 2. The van der Waals surface area contributed by atoms with Gasteiger partial charge in [0, 0.05) is 30.6 Å². The number of halogens is 4. The lowest BCUT2D eigenvalue weighted by Gasteiger charge is -2.11. The third-order valence-corrected chi connectivity index (χ3v) is 10.4. The molecule has 5 aromatic carbocycles. The molecule has 0 atom stereocenters. The highest BCUT2D eigenvalue weighted by Gasteiger charge is 2.18. The predicted octanol–water partition coefficient (Wildman–Crippen LogP) is 14.7. The van der Waals surface area contributed by atoms with Crippen LogP contribution in [0.2, 0.25) is 10.0 Å². The molecule has 0 aliphatic heterocycles. The van der Waals surface area contributed by atoms with E-state index >= 15 is 0 Å². The van der Waals surface area contributed by atoms with E-state index in [0.717, 1.165) is 25.7 Å². The first kappa shape index (κ1) is 47.5. The van der Waals surface area contributed by atoms with Crippen LogP contribution >= 0.6 is 23.2 Å². The summed E-state index contributed by atoms with van der Waals surface area (Å²) in [7, 11) is 0. The first-order chi connectivity index (χ1) is 30.1. The summed E-state index contributed by atoms with van der Waals surface area (Å²) in [6, 6.07) is 24.3. The Kier molecular flexibility index (Phi) is 19.4. The Hall–Kier alpha value is -5.58. The van der Waals surface area contributed by atoms with Crippen molar-refractivity contribution in [3.05, 3.63) is 141 Å². The molecule has 0 saturated carbocycles. The standard InChI is InChI=1S/C50H52Cl2F2N2O6/c1-3-5-7-9-11-13-27-59-39-23-25-45(43(53)29-39)55-33-35-15-19-37(20-16-35)49(57)61-47-32-48(42(52)31-41(47)51)62-50(58)38-21-17-36(18-22-38)34-56-46-26-24-40(30-44(46)54)60-28-14-12-10-8-6-4-2/h15-26,29-34H,3-14,27-28H2,1-2H3. The molecule has 0 fully saturated rings. The normalized spacial score (nSPS) is 11.3. The van der Waals surface area contributed by atoms with Gasteiger partial charge in [-0.25, -0.2) is 18.4 Å². The minimum atomic E-state index is -0.734. The van der Waals surface area contributed by atoms with Crippen molar-refractivity contribution in [3.63, 3.8) is 0 Å². The fraction of sp³-hybridized carbons (Fsp3) is 0.320. The van der Waals surface area contributed by atoms with Gasteiger partial charge in [0.15, 0.2) is 23.1 Å². The quantitative estimate of drug-likeness (QED) is 0.0265. The van der Waals surface area contributed by atoms with Crippen LogP contribution in [-0.2, 0) is 0 Å². The largest absolute Gasteiger partial charge is 0.493 e. The van der Waals surface area contributed by atoms with Gasteiger partial charge in [-0.2, -0.15) is 0 Å². The van der Waals surface area contributed by atoms with Crippen molar-refractivity contribution >= 4 is 58.9 Å². The number of hydrogen-bond donors (Lipinski definition) is 0. The lowest BCUT2D eigenvalue weighted by Crippen LogP contribution is -2.11. The summed E-state index contributed by atoms with van der Waals surface area (Å²) < 4.78 is 51.9. The number of rotatable bonds is 24. The lowest BCUT2D eigenvalue weighted by atomic mass is 10.1. The maximum atomic E-state index is 14.7. The number of aliphatic imine (C=N–C) groups is 2. The molecule has 0 heterocycles. The third-order valence-electron chi connectivity index (χ3n) is 9.76. The van der Waals surface area contributed by atoms with Crippen LogP contribution in [0.5, 0.6) is 23.0 Å². The molecule has 0 unspecified atom stereocenters. The molecule has 0 spiro atoms. The number of benzene rings is 5. The van der Waals surface area contributed by atoms with Crippen LogP contribution in [0.1, 0.15) is 123 Å². The van der Waals surface area contributed by atoms with E-state index < -0.39 is 23.6 Å². The molecule has 5 aromatic rings. The van der Waals surface area contributed by atoms with Crippen molar-refractivity contribution in [2.75, 3.05) is 13.2 Å². The topological polar surface area (TPSA) is 95.8 Å². The first-order valence-corrected chi connectivity index (χ1v) is 22.0. The molecule has 0 aromatic heterocycles. The maximum Gasteiger partial charge on any atom is 0.343 e. The minimum Gasteiger partial charge on any atom is -0.493 e. The summed E-state index contributed by atoms with van der Waals surface area (Å²) in [5.41, 5.74) is 1.92. The van der Waals surface area contributed by atoms with E-state index in [0.29, 0.717) is 35.8 Å². The summed E-state index contributed by atoms with van der Waals surface area (Å²) in [4.78, 5) is 34.6. The molecule has 0 N–H and O–H groups in total. The number of ether oxygens (including phenoxy) is 4. The second-order valence-electron chi connectivity index (χ2n) is 14.7. The van der Waals surface area contributed by atoms with E-state index in [9.17, 15) is 18.4 Å². The monoisotopic (exact) mass is 884 g/mol. The number of hydrogen-bond acceptors (Lipinski definition) is 8. The van der Waals surface area contributed by atoms with E-state index in [4.69, 9.17) is 42.1 Å². The zero-order valence-electron chi connectivity index (χ0n) is 35.1. The van der Waals surface area contributed by atoms with E-state index in [1.807, 2.05) is 0 Å². The van der Waals surface area contributed by atoms with Crippen LogP contribution in [0.25, 0.3) is 0 Å². The molecule has 62 heavy (non-hydrogen) atoms. The van der Waals surface area contributed by atoms with Crippen LogP contribution in [0.4, 0.5) is 20.2 Å². The summed E-state index contributed by atoms with van der Waals surface area (Å²) in [6.45, 7) is 5.44. The average Bonchev–Trinajstić information content (AvgIpc) is 3.27. The van der Waals surface area contributed by atoms with Crippen molar-refractivity contribution in [1.29, 1.82) is 0 Å². The first-order valence-electron chi connectivity index (χ1n) is 21.2. The van der Waals surface area contributed by atoms with Gasteiger partial charge in [0.25, 0.3) is 0 Å². The number of nitrogens with zero attached hydrogens (tertiary/aromatic N) is 2. The van der Waals surface area contributed by atoms with Gasteiger partial charge in [-0.3, -0.25) is 9.98 Å². The maximum absolute atomic E-state index is 14.7. The summed E-state index contributed by atoms with van der Waals surface area (Å²) >= 11 is 12.7. The Balaban J connectivity index is 1.11. The molecule has 0 amide bonds. The van der Waals surface area contributed by atoms with E-state index in [2.05, 4.69) is 23.8 Å². The van der Waals surface area contributed by atoms with Crippen LogP contribution in [0.15, 0.2) is 107 Å². The molecular weight excluding hydrogens is 833 g/mol. The SMILES string of the molecule is CCCCCCCCOc1ccc(N=Cc2ccc(C(=O)Oc3cc(OC(=O)c4ccc(C=Nc5ccc(OCCCCCCCC)cc5F)cc4)c(Cl)cc3Cl)cc2)c(F)c1. The zero-order valence-corrected chi connectivity index (χ0v) is 36.7. The molecule has 0 bridgehead atoms. The highest BCUT2D eigenvalue weighted by atomic mass is 35.5. The van der Waals surface area contributed by atoms with E-state index in [1.54, 1.807) is 48.5 Å². The highest BCUT2D eigenvalue weighted by molar-refractivity contribution is 6.36. The molecule has 12 heteroatoms. The van der Waals surface area contributed by atoms with Crippen molar-refractivity contribution in [1.82, 2.24) is 0 Å². The Morgan fingerprint density at radius 3 is 1.29 bits per heavy atom. The molecule has 8 nitrogen and oxygen atoms in total. The van der Waals surface area contributed by atoms with Gasteiger partial charge >= 0.3 is 11.9 Å². The van der Waals surface area contributed by atoms with Crippen LogP contribution in [-0.4, -0.2) is 37.6 Å². The number of unbranched alkanes of at least 4 members (excludes halogenated alkanes) is 10. The summed E-state index contributed by atoms with van der Waals surface area (Å²) in [5.74, 6) is -1.73. The summed E-state index contributed by atoms with van der Waals surface area (Å²) in [6.07, 6.45) is 16.7. The lowest BCUT2D eigenvalue weighted by molar-refractivity contribution is 0.0733. The van der Waals surface area contributed by atoms with Gasteiger partial charge < -0.3 is 18.9 Å². The number of carbonyl (C=O) groups is 2. The molecule has 5 rings (SSSR count). The molecule has 326 valence electrons. The van der Waals surface area contributed by atoms with Crippen molar-refractivity contribution in [2.24, 2.45) is 9.98 Å². The number of esters is 2.